The summed E-state index contributed by atoms with van der Waals surface area (Å²) in [5, 5.41) is 11.6. The number of hydrogen-bond donors (Lipinski definition) is 1. The van der Waals surface area contributed by atoms with Crippen molar-refractivity contribution in [3.8, 4) is 0 Å². The van der Waals surface area contributed by atoms with Crippen LogP contribution >= 0.6 is 11.6 Å². The van der Waals surface area contributed by atoms with E-state index in [0.717, 1.165) is 22.5 Å². The van der Waals surface area contributed by atoms with E-state index in [1.54, 1.807) is 0 Å². The Bertz CT molecular complexity index is 496. The topological polar surface area (TPSA) is 25.2 Å². The van der Waals surface area contributed by atoms with Crippen LogP contribution in [0.15, 0.2) is 30.5 Å². The van der Waals surface area contributed by atoms with Gasteiger partial charge in [0.25, 0.3) is 0 Å². The predicted octanol–water partition coefficient (Wildman–Crippen LogP) is 3.46. The fraction of sp³-hybridized carbons (Fsp3) is 0.385. The molecule has 0 unspecified atom stereocenters. The van der Waals surface area contributed by atoms with Gasteiger partial charge < -0.3 is 9.67 Å². The van der Waals surface area contributed by atoms with Crippen LogP contribution in [0.1, 0.15) is 20.3 Å². The number of aliphatic hydroxyl groups is 1. The van der Waals surface area contributed by atoms with Crippen LogP contribution in [0.4, 0.5) is 0 Å². The first-order chi connectivity index (χ1) is 7.47. The molecule has 0 saturated heterocycles. The Hall–Kier alpha value is -0.990. The lowest BCUT2D eigenvalue weighted by molar-refractivity contribution is 0.0666. The maximum Gasteiger partial charge on any atom is 0.0669 e. The van der Waals surface area contributed by atoms with Crippen LogP contribution in [0.25, 0.3) is 10.9 Å². The van der Waals surface area contributed by atoms with Crippen LogP contribution in [0.3, 0.4) is 0 Å². The minimum absolute atomic E-state index is 0.641. The molecule has 3 heteroatoms. The molecule has 0 amide bonds. The monoisotopic (exact) mass is 237 g/mol. The summed E-state index contributed by atoms with van der Waals surface area (Å²) in [6.07, 6.45) is 2.73. The summed E-state index contributed by atoms with van der Waals surface area (Å²) in [4.78, 5) is 0. The number of nitrogens with zero attached hydrogens (tertiary/aromatic N) is 1. The standard InChI is InChI=1S/C13H16ClNO/c1-13(2,16)7-9-15-8-6-10-4-3-5-11(14)12(10)15/h3-6,8,16H,7,9H2,1-2H3. The summed E-state index contributed by atoms with van der Waals surface area (Å²) in [7, 11) is 0. The van der Waals surface area contributed by atoms with Crippen molar-refractivity contribution in [1.82, 2.24) is 4.57 Å². The highest BCUT2D eigenvalue weighted by atomic mass is 35.5. The highest BCUT2D eigenvalue weighted by molar-refractivity contribution is 6.35. The molecule has 0 aliphatic rings. The smallest absolute Gasteiger partial charge is 0.0669 e. The Labute approximate surface area is 100 Å². The van der Waals surface area contributed by atoms with Crippen molar-refractivity contribution in [2.24, 2.45) is 0 Å². The van der Waals surface area contributed by atoms with E-state index in [9.17, 15) is 5.11 Å². The molecule has 1 heterocycles. The van der Waals surface area contributed by atoms with E-state index < -0.39 is 5.60 Å². The fourth-order valence-electron chi connectivity index (χ4n) is 1.79. The molecule has 0 aliphatic heterocycles. The second kappa shape index (κ2) is 4.11. The van der Waals surface area contributed by atoms with Gasteiger partial charge in [0.05, 0.1) is 16.1 Å². The van der Waals surface area contributed by atoms with E-state index in [0.29, 0.717) is 6.42 Å². The highest BCUT2D eigenvalue weighted by Crippen LogP contribution is 2.25. The van der Waals surface area contributed by atoms with E-state index in [4.69, 9.17) is 11.6 Å². The van der Waals surface area contributed by atoms with E-state index >= 15 is 0 Å². The molecule has 1 N–H and O–H groups in total. The SMILES string of the molecule is CC(C)(O)CCn1ccc2cccc(Cl)c21. The molecule has 2 rings (SSSR count). The van der Waals surface area contributed by atoms with Crippen molar-refractivity contribution in [3.05, 3.63) is 35.5 Å². The highest BCUT2D eigenvalue weighted by Gasteiger charge is 2.13. The number of fused-ring (bicyclic) bond motifs is 1. The Morgan fingerprint density at radius 2 is 2.06 bits per heavy atom. The van der Waals surface area contributed by atoms with Gasteiger partial charge in [0.15, 0.2) is 0 Å². The molecule has 86 valence electrons. The van der Waals surface area contributed by atoms with Crippen LogP contribution in [0, 0.1) is 0 Å². The number of para-hydroxylation sites is 1. The molecule has 0 radical (unpaired) electrons. The molecule has 0 fully saturated rings. The van der Waals surface area contributed by atoms with Gasteiger partial charge in [-0.25, -0.2) is 0 Å². The summed E-state index contributed by atoms with van der Waals surface area (Å²) in [6.45, 7) is 4.41. The number of aryl methyl sites for hydroxylation is 1. The van der Waals surface area contributed by atoms with Gasteiger partial charge in [-0.2, -0.15) is 0 Å². The fourth-order valence-corrected chi connectivity index (χ4v) is 2.09. The van der Waals surface area contributed by atoms with Gasteiger partial charge in [-0.3, -0.25) is 0 Å². The Kier molecular flexibility index (Phi) is 2.96. The zero-order valence-electron chi connectivity index (χ0n) is 9.57. The van der Waals surface area contributed by atoms with E-state index in [-0.39, 0.29) is 0 Å². The van der Waals surface area contributed by atoms with Gasteiger partial charge in [-0.1, -0.05) is 23.7 Å². The second-order valence-electron chi connectivity index (χ2n) is 4.75. The number of halogens is 1. The van der Waals surface area contributed by atoms with Gasteiger partial charge >= 0.3 is 0 Å². The molecule has 0 aliphatic carbocycles. The van der Waals surface area contributed by atoms with Crippen molar-refractivity contribution in [1.29, 1.82) is 0 Å². The number of hydrogen-bond acceptors (Lipinski definition) is 1. The van der Waals surface area contributed by atoms with E-state index in [2.05, 4.69) is 4.57 Å². The molecular formula is C13H16ClNO. The van der Waals surface area contributed by atoms with Crippen LogP contribution in [-0.2, 0) is 6.54 Å². The van der Waals surface area contributed by atoms with Gasteiger partial charge in [-0.15, -0.1) is 0 Å². The average Bonchev–Trinajstić information content (AvgIpc) is 2.58. The molecular weight excluding hydrogens is 222 g/mol. The number of rotatable bonds is 3. The van der Waals surface area contributed by atoms with Crippen molar-refractivity contribution >= 4 is 22.5 Å². The van der Waals surface area contributed by atoms with Crippen molar-refractivity contribution in [3.63, 3.8) is 0 Å². The summed E-state index contributed by atoms with van der Waals surface area (Å²) in [5.41, 5.74) is 0.408. The molecule has 0 saturated carbocycles. The minimum atomic E-state index is -0.641. The first-order valence-electron chi connectivity index (χ1n) is 5.43. The first kappa shape index (κ1) is 11.5. The largest absolute Gasteiger partial charge is 0.390 e. The maximum atomic E-state index is 9.71. The molecule has 0 atom stereocenters. The van der Waals surface area contributed by atoms with E-state index in [1.807, 2.05) is 44.3 Å². The quantitative estimate of drug-likeness (QED) is 0.869. The average molecular weight is 238 g/mol. The molecule has 2 nitrogen and oxygen atoms in total. The lowest BCUT2D eigenvalue weighted by atomic mass is 10.1. The van der Waals surface area contributed by atoms with Crippen LogP contribution < -0.4 is 0 Å². The molecule has 2 aromatic rings. The zero-order chi connectivity index (χ0) is 11.8. The Morgan fingerprint density at radius 3 is 2.75 bits per heavy atom. The molecule has 1 aromatic heterocycles. The number of aromatic nitrogens is 1. The van der Waals surface area contributed by atoms with Crippen molar-refractivity contribution in [2.45, 2.75) is 32.4 Å². The maximum absolute atomic E-state index is 9.71. The van der Waals surface area contributed by atoms with Gasteiger partial charge in [0.2, 0.25) is 0 Å². The van der Waals surface area contributed by atoms with E-state index in [1.165, 1.54) is 0 Å². The van der Waals surface area contributed by atoms with Crippen LogP contribution in [0.5, 0.6) is 0 Å². The summed E-state index contributed by atoms with van der Waals surface area (Å²) in [5.74, 6) is 0. The van der Waals surface area contributed by atoms with Crippen molar-refractivity contribution < 1.29 is 5.11 Å². The molecule has 0 bridgehead atoms. The lowest BCUT2D eigenvalue weighted by Gasteiger charge is -2.17. The zero-order valence-corrected chi connectivity index (χ0v) is 10.3. The van der Waals surface area contributed by atoms with Gasteiger partial charge in [-0.05, 0) is 32.4 Å². The van der Waals surface area contributed by atoms with Gasteiger partial charge in [0, 0.05) is 18.1 Å². The van der Waals surface area contributed by atoms with Crippen molar-refractivity contribution in [2.75, 3.05) is 0 Å². The number of benzene rings is 1. The molecule has 1 aromatic carbocycles. The Balaban J connectivity index is 2.32. The van der Waals surface area contributed by atoms with Gasteiger partial charge in [0.1, 0.15) is 0 Å². The molecule has 16 heavy (non-hydrogen) atoms. The summed E-state index contributed by atoms with van der Waals surface area (Å²) < 4.78 is 2.09. The third kappa shape index (κ3) is 2.39. The summed E-state index contributed by atoms with van der Waals surface area (Å²) in [6, 6.07) is 7.93. The lowest BCUT2D eigenvalue weighted by Crippen LogP contribution is -2.20. The third-order valence-electron chi connectivity index (χ3n) is 2.70. The molecule has 0 spiro atoms. The normalized spacial score (nSPS) is 12.2. The predicted molar refractivity (Wildman–Crippen MR) is 67.9 cm³/mol. The van der Waals surface area contributed by atoms with Crippen LogP contribution in [-0.4, -0.2) is 15.3 Å². The summed E-state index contributed by atoms with van der Waals surface area (Å²) >= 11 is 6.17. The van der Waals surface area contributed by atoms with Crippen LogP contribution in [0.2, 0.25) is 5.02 Å². The minimum Gasteiger partial charge on any atom is -0.390 e. The Morgan fingerprint density at radius 1 is 1.31 bits per heavy atom. The first-order valence-corrected chi connectivity index (χ1v) is 5.81. The third-order valence-corrected chi connectivity index (χ3v) is 3.01. The second-order valence-corrected chi connectivity index (χ2v) is 5.16.